The van der Waals surface area contributed by atoms with Gasteiger partial charge in [-0.1, -0.05) is 6.92 Å². The fraction of sp³-hybridized carbons (Fsp3) is 0.545. The van der Waals surface area contributed by atoms with E-state index in [4.69, 9.17) is 5.11 Å². The van der Waals surface area contributed by atoms with Gasteiger partial charge in [0, 0.05) is 19.8 Å². The molecule has 0 radical (unpaired) electrons. The van der Waals surface area contributed by atoms with Crippen molar-refractivity contribution in [3.8, 4) is 0 Å². The fourth-order valence-corrected chi connectivity index (χ4v) is 2.23. The van der Waals surface area contributed by atoms with Gasteiger partial charge in [0.25, 0.3) is 0 Å². The van der Waals surface area contributed by atoms with Crippen molar-refractivity contribution in [1.29, 1.82) is 0 Å². The number of carboxylic acid groups (broad SMARTS) is 1. The van der Waals surface area contributed by atoms with Crippen molar-refractivity contribution < 1.29 is 14.7 Å². The highest BCUT2D eigenvalue weighted by Crippen LogP contribution is 2.24. The molecule has 2 rings (SSSR count). The van der Waals surface area contributed by atoms with Crippen molar-refractivity contribution in [2.24, 2.45) is 13.0 Å². The van der Waals surface area contributed by atoms with Crippen LogP contribution in [0.1, 0.15) is 13.3 Å². The lowest BCUT2D eigenvalue weighted by molar-refractivity contribution is -0.142. The molecule has 0 bridgehead atoms. The maximum atomic E-state index is 12.0. The predicted molar refractivity (Wildman–Crippen MR) is 64.1 cm³/mol. The standard InChI is InChI=1S/C11H16N4O3/c1-7-3-4-15(9(7)10(16)17)11(18)13-8-5-12-14(2)6-8/h5-7,9H,3-4H2,1-2H3,(H,13,18)(H,16,17). The number of nitrogens with zero attached hydrogens (tertiary/aromatic N) is 3. The smallest absolute Gasteiger partial charge is 0.326 e. The van der Waals surface area contributed by atoms with Gasteiger partial charge in [-0.25, -0.2) is 9.59 Å². The van der Waals surface area contributed by atoms with Gasteiger partial charge in [-0.05, 0) is 12.3 Å². The minimum atomic E-state index is -0.957. The summed E-state index contributed by atoms with van der Waals surface area (Å²) in [4.78, 5) is 24.5. The van der Waals surface area contributed by atoms with Crippen molar-refractivity contribution >= 4 is 17.7 Å². The summed E-state index contributed by atoms with van der Waals surface area (Å²) in [6.45, 7) is 2.31. The van der Waals surface area contributed by atoms with Crippen LogP contribution in [0.4, 0.5) is 10.5 Å². The molecule has 7 nitrogen and oxygen atoms in total. The molecule has 0 aromatic carbocycles. The fourth-order valence-electron chi connectivity index (χ4n) is 2.23. The first-order valence-corrected chi connectivity index (χ1v) is 5.78. The Labute approximate surface area is 104 Å². The third-order valence-corrected chi connectivity index (χ3v) is 3.17. The summed E-state index contributed by atoms with van der Waals surface area (Å²) in [5, 5.41) is 15.7. The molecule has 2 heterocycles. The molecule has 2 unspecified atom stereocenters. The maximum Gasteiger partial charge on any atom is 0.326 e. The Morgan fingerprint density at radius 2 is 2.28 bits per heavy atom. The molecular weight excluding hydrogens is 236 g/mol. The zero-order valence-corrected chi connectivity index (χ0v) is 10.3. The molecule has 0 aliphatic carbocycles. The van der Waals surface area contributed by atoms with Crippen molar-refractivity contribution in [2.75, 3.05) is 11.9 Å². The highest BCUT2D eigenvalue weighted by atomic mass is 16.4. The number of anilines is 1. The van der Waals surface area contributed by atoms with Crippen LogP contribution in [0.15, 0.2) is 12.4 Å². The van der Waals surface area contributed by atoms with Crippen LogP contribution in [-0.4, -0.2) is 44.4 Å². The molecule has 18 heavy (non-hydrogen) atoms. The number of carboxylic acids is 1. The van der Waals surface area contributed by atoms with Gasteiger partial charge in [0.1, 0.15) is 6.04 Å². The second kappa shape index (κ2) is 4.67. The molecule has 1 aromatic rings. The lowest BCUT2D eigenvalue weighted by Gasteiger charge is -2.23. The third kappa shape index (κ3) is 2.29. The lowest BCUT2D eigenvalue weighted by Crippen LogP contribution is -2.44. The van der Waals surface area contributed by atoms with Crippen molar-refractivity contribution in [3.05, 3.63) is 12.4 Å². The molecule has 7 heteroatoms. The minimum Gasteiger partial charge on any atom is -0.480 e. The minimum absolute atomic E-state index is 0.0258. The van der Waals surface area contributed by atoms with Crippen LogP contribution in [-0.2, 0) is 11.8 Å². The van der Waals surface area contributed by atoms with E-state index in [2.05, 4.69) is 10.4 Å². The first-order chi connectivity index (χ1) is 8.49. The number of aromatic nitrogens is 2. The monoisotopic (exact) mass is 252 g/mol. The number of aryl methyl sites for hydroxylation is 1. The van der Waals surface area contributed by atoms with Crippen LogP contribution in [0, 0.1) is 5.92 Å². The molecule has 0 spiro atoms. The van der Waals surface area contributed by atoms with Crippen LogP contribution in [0.3, 0.4) is 0 Å². The molecule has 0 saturated carbocycles. The molecule has 1 aromatic heterocycles. The molecule has 98 valence electrons. The summed E-state index contributed by atoms with van der Waals surface area (Å²) < 4.78 is 1.57. The topological polar surface area (TPSA) is 87.5 Å². The highest BCUT2D eigenvalue weighted by molar-refractivity contribution is 5.92. The Kier molecular flexibility index (Phi) is 3.22. The third-order valence-electron chi connectivity index (χ3n) is 3.17. The second-order valence-corrected chi connectivity index (χ2v) is 4.58. The van der Waals surface area contributed by atoms with Gasteiger partial charge in [0.05, 0.1) is 11.9 Å². The van der Waals surface area contributed by atoms with Gasteiger partial charge in [-0.15, -0.1) is 0 Å². The summed E-state index contributed by atoms with van der Waals surface area (Å²) in [7, 11) is 1.74. The Morgan fingerprint density at radius 1 is 1.56 bits per heavy atom. The Balaban J connectivity index is 2.07. The van der Waals surface area contributed by atoms with Gasteiger partial charge < -0.3 is 15.3 Å². The zero-order chi connectivity index (χ0) is 13.3. The van der Waals surface area contributed by atoms with E-state index >= 15 is 0 Å². The summed E-state index contributed by atoms with van der Waals surface area (Å²) in [6.07, 6.45) is 3.89. The normalized spacial score (nSPS) is 23.1. The summed E-state index contributed by atoms with van der Waals surface area (Å²) in [5.74, 6) is -0.983. The highest BCUT2D eigenvalue weighted by Gasteiger charge is 2.39. The molecule has 2 N–H and O–H groups in total. The van der Waals surface area contributed by atoms with Gasteiger partial charge >= 0.3 is 12.0 Å². The molecule has 1 aliphatic heterocycles. The number of nitrogens with one attached hydrogen (secondary N) is 1. The van der Waals surface area contributed by atoms with Crippen LogP contribution >= 0.6 is 0 Å². The van der Waals surface area contributed by atoms with E-state index in [1.807, 2.05) is 6.92 Å². The molecular formula is C11H16N4O3. The SMILES string of the molecule is CC1CCN(C(=O)Nc2cnn(C)c2)C1C(=O)O. The van der Waals surface area contributed by atoms with Crippen LogP contribution in [0.2, 0.25) is 0 Å². The first-order valence-electron chi connectivity index (χ1n) is 5.78. The quantitative estimate of drug-likeness (QED) is 0.813. The summed E-state index contributed by atoms with van der Waals surface area (Å²) in [5.41, 5.74) is 0.561. The number of carbonyl (C=O) groups excluding carboxylic acids is 1. The zero-order valence-electron chi connectivity index (χ0n) is 10.3. The molecule has 2 atom stereocenters. The average Bonchev–Trinajstić information content (AvgIpc) is 2.84. The number of likely N-dealkylation sites (tertiary alicyclic amines) is 1. The molecule has 1 aliphatic rings. The number of aliphatic carboxylic acids is 1. The lowest BCUT2D eigenvalue weighted by atomic mass is 10.0. The Morgan fingerprint density at radius 3 is 2.83 bits per heavy atom. The average molecular weight is 252 g/mol. The summed E-state index contributed by atoms with van der Waals surface area (Å²) in [6, 6.07) is -1.14. The second-order valence-electron chi connectivity index (χ2n) is 4.58. The van der Waals surface area contributed by atoms with Gasteiger partial charge in [-0.3, -0.25) is 4.68 Å². The maximum absolute atomic E-state index is 12.0. The number of amides is 2. The van der Waals surface area contributed by atoms with Crippen LogP contribution in [0.5, 0.6) is 0 Å². The molecule has 2 amide bonds. The Bertz CT molecular complexity index is 471. The Hall–Kier alpha value is -2.05. The van der Waals surface area contributed by atoms with E-state index in [1.54, 1.807) is 17.9 Å². The molecule has 1 saturated heterocycles. The van der Waals surface area contributed by atoms with Crippen LogP contribution < -0.4 is 5.32 Å². The number of carbonyl (C=O) groups is 2. The van der Waals surface area contributed by atoms with Gasteiger partial charge in [0.15, 0.2) is 0 Å². The van der Waals surface area contributed by atoms with Gasteiger partial charge in [-0.2, -0.15) is 5.10 Å². The van der Waals surface area contributed by atoms with Crippen molar-refractivity contribution in [1.82, 2.24) is 14.7 Å². The van der Waals surface area contributed by atoms with E-state index in [-0.39, 0.29) is 11.9 Å². The van der Waals surface area contributed by atoms with Crippen molar-refractivity contribution in [2.45, 2.75) is 19.4 Å². The molecule has 1 fully saturated rings. The van der Waals surface area contributed by atoms with E-state index in [9.17, 15) is 9.59 Å². The first kappa shape index (κ1) is 12.4. The number of rotatable bonds is 2. The number of hydrogen-bond acceptors (Lipinski definition) is 3. The van der Waals surface area contributed by atoms with E-state index in [1.165, 1.54) is 11.1 Å². The van der Waals surface area contributed by atoms with Gasteiger partial charge in [0.2, 0.25) is 0 Å². The van der Waals surface area contributed by atoms with E-state index < -0.39 is 12.0 Å². The van der Waals surface area contributed by atoms with Crippen LogP contribution in [0.25, 0.3) is 0 Å². The number of urea groups is 1. The van der Waals surface area contributed by atoms with E-state index in [0.717, 1.165) is 0 Å². The summed E-state index contributed by atoms with van der Waals surface area (Å²) >= 11 is 0. The largest absolute Gasteiger partial charge is 0.480 e. The predicted octanol–water partition coefficient (Wildman–Crippen LogP) is 0.747. The van der Waals surface area contributed by atoms with Crippen molar-refractivity contribution in [3.63, 3.8) is 0 Å². The number of hydrogen-bond donors (Lipinski definition) is 2. The van der Waals surface area contributed by atoms with E-state index in [0.29, 0.717) is 18.7 Å².